The molecule has 0 bridgehead atoms. The van der Waals surface area contributed by atoms with Gasteiger partial charge in [-0.2, -0.15) is 8.78 Å². The highest BCUT2D eigenvalue weighted by Crippen LogP contribution is 2.33. The van der Waals surface area contributed by atoms with Gasteiger partial charge in [0.15, 0.2) is 11.6 Å². The second-order valence-electron chi connectivity index (χ2n) is 4.89. The van der Waals surface area contributed by atoms with E-state index >= 15 is 0 Å². The molecule has 0 unspecified atom stereocenters. The second-order valence-corrected chi connectivity index (χ2v) is 5.32. The summed E-state index contributed by atoms with van der Waals surface area (Å²) in [6.45, 7) is -3.12. The van der Waals surface area contributed by atoms with Gasteiger partial charge in [-0.3, -0.25) is 0 Å². The van der Waals surface area contributed by atoms with Crippen molar-refractivity contribution in [1.82, 2.24) is 19.7 Å². The molecule has 25 heavy (non-hydrogen) atoms. The van der Waals surface area contributed by atoms with Gasteiger partial charge in [-0.15, -0.1) is 10.2 Å². The summed E-state index contributed by atoms with van der Waals surface area (Å²) in [5.41, 5.74) is -0.388. The highest BCUT2D eigenvalue weighted by atomic mass is 35.5. The molecular weight excluding hydrogens is 364 g/mol. The molecule has 0 saturated carbocycles. The lowest BCUT2D eigenvalue weighted by molar-refractivity contribution is -0.0524. The Hall–Kier alpha value is -2.68. The fourth-order valence-electron chi connectivity index (χ4n) is 2.26. The van der Waals surface area contributed by atoms with Gasteiger partial charge in [0.2, 0.25) is 5.88 Å². The molecule has 0 saturated heterocycles. The summed E-state index contributed by atoms with van der Waals surface area (Å²) < 4.78 is 58.6. The molecule has 0 atom stereocenters. The van der Waals surface area contributed by atoms with Crippen LogP contribution in [0.5, 0.6) is 5.88 Å². The highest BCUT2D eigenvalue weighted by Gasteiger charge is 2.23. The van der Waals surface area contributed by atoms with Crippen LogP contribution in [0, 0.1) is 11.6 Å². The Morgan fingerprint density at radius 3 is 2.40 bits per heavy atom. The highest BCUT2D eigenvalue weighted by molar-refractivity contribution is 6.30. The van der Waals surface area contributed by atoms with E-state index in [0.29, 0.717) is 0 Å². The van der Waals surface area contributed by atoms with Crippen LogP contribution in [0.15, 0.2) is 30.5 Å². The molecule has 10 heteroatoms. The molecule has 0 fully saturated rings. The zero-order valence-corrected chi connectivity index (χ0v) is 13.3. The Labute approximate surface area is 143 Å². The topological polar surface area (TPSA) is 52.8 Å². The summed E-state index contributed by atoms with van der Waals surface area (Å²) in [4.78, 5) is 3.69. The number of ether oxygens (including phenoxy) is 1. The van der Waals surface area contributed by atoms with Crippen LogP contribution in [0.2, 0.25) is 5.02 Å². The predicted molar refractivity (Wildman–Crippen MR) is 81.2 cm³/mol. The lowest BCUT2D eigenvalue weighted by Crippen LogP contribution is -2.06. The molecule has 2 heterocycles. The zero-order chi connectivity index (χ0) is 18.1. The molecule has 0 amide bonds. The van der Waals surface area contributed by atoms with Crippen molar-refractivity contribution in [3.63, 3.8) is 0 Å². The molecule has 0 radical (unpaired) electrons. The molecule has 0 N–H and O–H groups in total. The molecule has 3 aromatic rings. The lowest BCUT2D eigenvalue weighted by Gasteiger charge is -2.10. The fraction of sp³-hybridized carbons (Fsp3) is 0.133. The van der Waals surface area contributed by atoms with E-state index in [2.05, 4.69) is 19.9 Å². The van der Waals surface area contributed by atoms with Gasteiger partial charge in [0.1, 0.15) is 11.6 Å². The van der Waals surface area contributed by atoms with Gasteiger partial charge in [0, 0.05) is 13.2 Å². The van der Waals surface area contributed by atoms with Crippen molar-refractivity contribution in [2.75, 3.05) is 0 Å². The molecule has 2 aromatic heterocycles. The number of hydrogen-bond donors (Lipinski definition) is 0. The Kier molecular flexibility index (Phi) is 4.58. The van der Waals surface area contributed by atoms with E-state index in [1.165, 1.54) is 23.7 Å². The number of hydrogen-bond acceptors (Lipinski definition) is 4. The van der Waals surface area contributed by atoms with Gasteiger partial charge in [0.25, 0.3) is 0 Å². The number of rotatable bonds is 4. The normalized spacial score (nSPS) is 11.2. The monoisotopic (exact) mass is 372 g/mol. The summed E-state index contributed by atoms with van der Waals surface area (Å²) >= 11 is 5.85. The first kappa shape index (κ1) is 17.2. The number of nitrogens with zero attached hydrogens (tertiary/aromatic N) is 4. The Balaban J connectivity index is 2.16. The van der Waals surface area contributed by atoms with Crippen molar-refractivity contribution in [3.05, 3.63) is 47.1 Å². The molecule has 0 aliphatic carbocycles. The third-order valence-corrected chi connectivity index (χ3v) is 3.53. The van der Waals surface area contributed by atoms with E-state index in [1.54, 1.807) is 0 Å². The number of benzene rings is 1. The second kappa shape index (κ2) is 6.67. The lowest BCUT2D eigenvalue weighted by atomic mass is 10.2. The molecule has 130 valence electrons. The van der Waals surface area contributed by atoms with Gasteiger partial charge in [-0.25, -0.2) is 13.8 Å². The first-order valence-corrected chi connectivity index (χ1v) is 7.20. The van der Waals surface area contributed by atoms with Crippen LogP contribution in [0.3, 0.4) is 0 Å². The summed E-state index contributed by atoms with van der Waals surface area (Å²) in [6.07, 6.45) is 1.12. The van der Waals surface area contributed by atoms with Crippen molar-refractivity contribution in [1.29, 1.82) is 0 Å². The van der Waals surface area contributed by atoms with Crippen molar-refractivity contribution in [2.45, 2.75) is 6.61 Å². The SMILES string of the molecule is Cn1c(-c2cc(Cl)cnc2OC(F)F)nnc1-c1c(F)cccc1F. The van der Waals surface area contributed by atoms with E-state index in [-0.39, 0.29) is 22.2 Å². The molecule has 0 aliphatic heterocycles. The first-order valence-electron chi connectivity index (χ1n) is 6.83. The van der Waals surface area contributed by atoms with Crippen molar-refractivity contribution in [3.8, 4) is 28.7 Å². The third kappa shape index (κ3) is 3.27. The van der Waals surface area contributed by atoms with Gasteiger partial charge in [-0.1, -0.05) is 17.7 Å². The molecule has 1 aromatic carbocycles. The quantitative estimate of drug-likeness (QED) is 0.648. The molecule has 5 nitrogen and oxygen atoms in total. The predicted octanol–water partition coefficient (Wildman–Crippen LogP) is 4.08. The van der Waals surface area contributed by atoms with Gasteiger partial charge in [0.05, 0.1) is 16.1 Å². The summed E-state index contributed by atoms with van der Waals surface area (Å²) in [6, 6.07) is 4.64. The minimum Gasteiger partial charge on any atom is -0.416 e. The number of halogens is 5. The maximum Gasteiger partial charge on any atom is 0.388 e. The summed E-state index contributed by atoms with van der Waals surface area (Å²) in [5.74, 6) is -2.24. The van der Waals surface area contributed by atoms with Crippen molar-refractivity contribution < 1.29 is 22.3 Å². The molecule has 3 rings (SSSR count). The first-order chi connectivity index (χ1) is 11.9. The van der Waals surface area contributed by atoms with Crippen LogP contribution < -0.4 is 4.74 Å². The average Bonchev–Trinajstić information content (AvgIpc) is 2.90. The number of aromatic nitrogens is 4. The maximum atomic E-state index is 14.0. The van der Waals surface area contributed by atoms with Crippen LogP contribution in [-0.2, 0) is 7.05 Å². The van der Waals surface area contributed by atoms with Crippen LogP contribution in [0.25, 0.3) is 22.8 Å². The van der Waals surface area contributed by atoms with E-state index in [0.717, 1.165) is 18.3 Å². The number of alkyl halides is 2. The van der Waals surface area contributed by atoms with E-state index < -0.39 is 29.7 Å². The fourth-order valence-corrected chi connectivity index (χ4v) is 2.42. The minimum atomic E-state index is -3.12. The van der Waals surface area contributed by atoms with Crippen molar-refractivity contribution >= 4 is 11.6 Å². The molecular formula is C15H9ClF4N4O. The Morgan fingerprint density at radius 2 is 1.76 bits per heavy atom. The van der Waals surface area contributed by atoms with Crippen LogP contribution >= 0.6 is 11.6 Å². The van der Waals surface area contributed by atoms with E-state index in [4.69, 9.17) is 11.6 Å². The molecule has 0 spiro atoms. The van der Waals surface area contributed by atoms with Crippen LogP contribution in [0.4, 0.5) is 17.6 Å². The van der Waals surface area contributed by atoms with E-state index in [1.807, 2.05) is 0 Å². The minimum absolute atomic E-state index is 0.00306. The van der Waals surface area contributed by atoms with Gasteiger partial charge in [-0.05, 0) is 18.2 Å². The maximum absolute atomic E-state index is 14.0. The summed E-state index contributed by atoms with van der Waals surface area (Å²) in [5, 5.41) is 7.70. The average molecular weight is 373 g/mol. The number of pyridine rings is 1. The Morgan fingerprint density at radius 1 is 1.12 bits per heavy atom. The van der Waals surface area contributed by atoms with E-state index in [9.17, 15) is 17.6 Å². The standard InChI is InChI=1S/C15H9ClF4N4O/c1-24-12(8-5-7(16)6-21-14(8)25-15(19)20)22-23-13(24)11-9(17)3-2-4-10(11)18/h2-6,15H,1H3. The van der Waals surface area contributed by atoms with Crippen LogP contribution in [0.1, 0.15) is 0 Å². The van der Waals surface area contributed by atoms with Crippen LogP contribution in [-0.4, -0.2) is 26.4 Å². The Bertz CT molecular complexity index is 912. The molecule has 0 aliphatic rings. The zero-order valence-electron chi connectivity index (χ0n) is 12.6. The van der Waals surface area contributed by atoms with Gasteiger partial charge >= 0.3 is 6.61 Å². The summed E-state index contributed by atoms with van der Waals surface area (Å²) in [7, 11) is 1.42. The van der Waals surface area contributed by atoms with Gasteiger partial charge < -0.3 is 9.30 Å². The largest absolute Gasteiger partial charge is 0.416 e. The third-order valence-electron chi connectivity index (χ3n) is 3.32. The van der Waals surface area contributed by atoms with Crippen molar-refractivity contribution in [2.24, 2.45) is 7.05 Å². The smallest absolute Gasteiger partial charge is 0.388 e.